The SMILES string of the molecule is CCN(Cc1ccc(C(=O)NN(c2nc(C#N)ncc2Cl)C2CCCC2)cc1)C(C)C. The second kappa shape index (κ2) is 10.6. The van der Waals surface area contributed by atoms with Gasteiger partial charge in [0.2, 0.25) is 5.82 Å². The van der Waals surface area contributed by atoms with E-state index in [0.29, 0.717) is 22.4 Å². The summed E-state index contributed by atoms with van der Waals surface area (Å²) >= 11 is 6.33. The van der Waals surface area contributed by atoms with Crippen LogP contribution in [0.3, 0.4) is 0 Å². The second-order valence-corrected chi connectivity index (χ2v) is 8.49. The molecule has 0 spiro atoms. The zero-order valence-electron chi connectivity index (χ0n) is 18.3. The molecule has 0 unspecified atom stereocenters. The van der Waals surface area contributed by atoms with Crippen molar-refractivity contribution < 1.29 is 4.79 Å². The summed E-state index contributed by atoms with van der Waals surface area (Å²) < 4.78 is 0. The van der Waals surface area contributed by atoms with Gasteiger partial charge in [0, 0.05) is 18.2 Å². The van der Waals surface area contributed by atoms with Crippen molar-refractivity contribution in [1.82, 2.24) is 20.3 Å². The largest absolute Gasteiger partial charge is 0.297 e. The lowest BCUT2D eigenvalue weighted by molar-refractivity contribution is 0.0944. The molecule has 0 atom stereocenters. The Bertz CT molecular complexity index is 934. The van der Waals surface area contributed by atoms with Crippen LogP contribution in [0.1, 0.15) is 68.2 Å². The van der Waals surface area contributed by atoms with Crippen molar-refractivity contribution in [2.45, 2.75) is 65.1 Å². The summed E-state index contributed by atoms with van der Waals surface area (Å²) in [6.07, 6.45) is 5.39. The fourth-order valence-corrected chi connectivity index (χ4v) is 4.07. The molecule has 164 valence electrons. The molecule has 2 aromatic rings. The number of amides is 1. The first kappa shape index (κ1) is 23.0. The van der Waals surface area contributed by atoms with Crippen LogP contribution < -0.4 is 10.4 Å². The lowest BCUT2D eigenvalue weighted by Crippen LogP contribution is -2.48. The smallest absolute Gasteiger partial charge is 0.269 e. The first-order valence-corrected chi connectivity index (χ1v) is 11.2. The first-order valence-electron chi connectivity index (χ1n) is 10.8. The van der Waals surface area contributed by atoms with Crippen LogP contribution in [0, 0.1) is 11.3 Å². The van der Waals surface area contributed by atoms with Gasteiger partial charge in [-0.3, -0.25) is 20.1 Å². The third-order valence-electron chi connectivity index (χ3n) is 5.70. The van der Waals surface area contributed by atoms with Gasteiger partial charge in [0.1, 0.15) is 11.1 Å². The third kappa shape index (κ3) is 5.72. The van der Waals surface area contributed by atoms with Crippen molar-refractivity contribution in [3.63, 3.8) is 0 Å². The summed E-state index contributed by atoms with van der Waals surface area (Å²) in [4.78, 5) is 23.6. The third-order valence-corrected chi connectivity index (χ3v) is 5.97. The molecular formula is C23H29ClN6O. The predicted octanol–water partition coefficient (Wildman–Crippen LogP) is 4.33. The standard InChI is InChI=1S/C23H29ClN6O/c1-4-29(16(2)3)15-17-9-11-18(12-10-17)23(31)28-30(19-7-5-6-8-19)22-20(24)14-26-21(13-25)27-22/h9-12,14,16,19H,4-8,15H2,1-3H3,(H,28,31). The fourth-order valence-electron chi connectivity index (χ4n) is 3.89. The maximum Gasteiger partial charge on any atom is 0.269 e. The molecule has 7 nitrogen and oxygen atoms in total. The number of nitriles is 1. The molecule has 1 fully saturated rings. The summed E-state index contributed by atoms with van der Waals surface area (Å²) in [6.45, 7) is 8.33. The van der Waals surface area contributed by atoms with E-state index in [0.717, 1.165) is 44.3 Å². The van der Waals surface area contributed by atoms with E-state index in [4.69, 9.17) is 11.6 Å². The molecule has 1 N–H and O–H groups in total. The number of hydrogen-bond donors (Lipinski definition) is 1. The van der Waals surface area contributed by atoms with E-state index in [1.54, 1.807) is 5.01 Å². The van der Waals surface area contributed by atoms with Crippen molar-refractivity contribution in [2.75, 3.05) is 11.6 Å². The zero-order chi connectivity index (χ0) is 22.4. The van der Waals surface area contributed by atoms with E-state index >= 15 is 0 Å². The highest BCUT2D eigenvalue weighted by atomic mass is 35.5. The number of benzene rings is 1. The molecule has 1 aromatic carbocycles. The van der Waals surface area contributed by atoms with Gasteiger partial charge in [0.15, 0.2) is 5.82 Å². The average Bonchev–Trinajstić information content (AvgIpc) is 3.31. The predicted molar refractivity (Wildman–Crippen MR) is 122 cm³/mol. The molecule has 0 bridgehead atoms. The van der Waals surface area contributed by atoms with Gasteiger partial charge in [0.05, 0.1) is 12.2 Å². The Morgan fingerprint density at radius 2 is 1.97 bits per heavy atom. The number of hydrazine groups is 1. The monoisotopic (exact) mass is 440 g/mol. The van der Waals surface area contributed by atoms with E-state index in [-0.39, 0.29) is 17.8 Å². The van der Waals surface area contributed by atoms with Crippen molar-refractivity contribution >= 4 is 23.3 Å². The van der Waals surface area contributed by atoms with Gasteiger partial charge >= 0.3 is 0 Å². The van der Waals surface area contributed by atoms with Crippen molar-refractivity contribution in [1.29, 1.82) is 5.26 Å². The number of nitrogens with zero attached hydrogens (tertiary/aromatic N) is 5. The second-order valence-electron chi connectivity index (χ2n) is 8.08. The Morgan fingerprint density at radius 3 is 2.55 bits per heavy atom. The Labute approximate surface area is 189 Å². The van der Waals surface area contributed by atoms with Crippen LogP contribution in [0.4, 0.5) is 5.82 Å². The van der Waals surface area contributed by atoms with Gasteiger partial charge in [-0.25, -0.2) is 4.98 Å². The van der Waals surface area contributed by atoms with Crippen LogP contribution in [0.5, 0.6) is 0 Å². The highest BCUT2D eigenvalue weighted by Crippen LogP contribution is 2.30. The number of hydrogen-bond acceptors (Lipinski definition) is 6. The van der Waals surface area contributed by atoms with Gasteiger partial charge in [-0.1, -0.05) is 43.5 Å². The minimum atomic E-state index is -0.233. The number of anilines is 1. The van der Waals surface area contributed by atoms with Gasteiger partial charge in [0.25, 0.3) is 5.91 Å². The maximum absolute atomic E-state index is 13.0. The Morgan fingerprint density at radius 1 is 1.29 bits per heavy atom. The van der Waals surface area contributed by atoms with Crippen LogP contribution >= 0.6 is 11.6 Å². The van der Waals surface area contributed by atoms with E-state index < -0.39 is 0 Å². The van der Waals surface area contributed by atoms with Crippen LogP contribution in [-0.4, -0.2) is 39.4 Å². The Balaban J connectivity index is 1.79. The number of aromatic nitrogens is 2. The number of halogens is 1. The molecule has 8 heteroatoms. The summed E-state index contributed by atoms with van der Waals surface area (Å²) in [6, 6.07) is 10.1. The average molecular weight is 441 g/mol. The highest BCUT2D eigenvalue weighted by Gasteiger charge is 2.28. The lowest BCUT2D eigenvalue weighted by atomic mass is 10.1. The number of nitrogens with one attached hydrogen (secondary N) is 1. The van der Waals surface area contributed by atoms with E-state index in [2.05, 4.69) is 41.1 Å². The van der Waals surface area contributed by atoms with Gasteiger partial charge in [-0.05, 0) is 50.9 Å². The Hall–Kier alpha value is -2.69. The summed E-state index contributed by atoms with van der Waals surface area (Å²) in [5.41, 5.74) is 4.70. The molecule has 1 amide bonds. The van der Waals surface area contributed by atoms with Gasteiger partial charge in [-0.2, -0.15) is 10.2 Å². The maximum atomic E-state index is 13.0. The van der Waals surface area contributed by atoms with Crippen LogP contribution in [0.15, 0.2) is 30.5 Å². The van der Waals surface area contributed by atoms with Crippen LogP contribution in [0.25, 0.3) is 0 Å². The van der Waals surface area contributed by atoms with E-state index in [9.17, 15) is 10.1 Å². The topological polar surface area (TPSA) is 85.2 Å². The number of carbonyl (C=O) groups excluding carboxylic acids is 1. The molecule has 0 aliphatic heterocycles. The molecule has 1 aromatic heterocycles. The molecular weight excluding hydrogens is 412 g/mol. The molecule has 1 aliphatic rings. The van der Waals surface area contributed by atoms with Crippen molar-refractivity contribution in [3.05, 3.63) is 52.4 Å². The van der Waals surface area contributed by atoms with Gasteiger partial charge < -0.3 is 0 Å². The summed E-state index contributed by atoms with van der Waals surface area (Å²) in [5.74, 6) is 0.148. The van der Waals surface area contributed by atoms with Crippen LogP contribution in [0.2, 0.25) is 5.02 Å². The number of carbonyl (C=O) groups is 1. The first-order chi connectivity index (χ1) is 14.9. The lowest BCUT2D eigenvalue weighted by Gasteiger charge is -2.30. The number of rotatable bonds is 8. The van der Waals surface area contributed by atoms with Crippen LogP contribution in [-0.2, 0) is 6.54 Å². The molecule has 3 rings (SSSR count). The molecule has 0 radical (unpaired) electrons. The van der Waals surface area contributed by atoms with E-state index in [1.807, 2.05) is 30.3 Å². The molecule has 1 heterocycles. The summed E-state index contributed by atoms with van der Waals surface area (Å²) in [5, 5.41) is 11.2. The highest BCUT2D eigenvalue weighted by molar-refractivity contribution is 6.32. The zero-order valence-corrected chi connectivity index (χ0v) is 19.1. The quantitative estimate of drug-likeness (QED) is 0.615. The van der Waals surface area contributed by atoms with Crippen molar-refractivity contribution in [3.8, 4) is 6.07 Å². The molecule has 1 saturated carbocycles. The normalized spacial score (nSPS) is 14.1. The molecule has 31 heavy (non-hydrogen) atoms. The minimum absolute atomic E-state index is 0.0200. The summed E-state index contributed by atoms with van der Waals surface area (Å²) in [7, 11) is 0. The fraction of sp³-hybridized carbons (Fsp3) is 0.478. The molecule has 1 aliphatic carbocycles. The minimum Gasteiger partial charge on any atom is -0.297 e. The Kier molecular flexibility index (Phi) is 7.83. The molecule has 0 saturated heterocycles. The van der Waals surface area contributed by atoms with Crippen molar-refractivity contribution in [2.24, 2.45) is 0 Å². The van der Waals surface area contributed by atoms with Gasteiger partial charge in [-0.15, -0.1) is 0 Å². The van der Waals surface area contributed by atoms with E-state index in [1.165, 1.54) is 6.20 Å².